The second-order valence-electron chi connectivity index (χ2n) is 5.34. The van der Waals surface area contributed by atoms with E-state index in [1.807, 2.05) is 13.8 Å². The molecule has 0 spiro atoms. The van der Waals surface area contributed by atoms with Gasteiger partial charge in [-0.3, -0.25) is 9.59 Å². The van der Waals surface area contributed by atoms with Gasteiger partial charge in [-0.05, 0) is 31.9 Å². The highest BCUT2D eigenvalue weighted by atomic mass is 32.2. The number of hydrogen-bond acceptors (Lipinski definition) is 4. The summed E-state index contributed by atoms with van der Waals surface area (Å²) in [5.74, 6) is -0.155. The van der Waals surface area contributed by atoms with E-state index in [2.05, 4.69) is 0 Å². The maximum atomic E-state index is 12.1. The summed E-state index contributed by atoms with van der Waals surface area (Å²) in [6.45, 7) is 6.52. The Bertz CT molecular complexity index is 597. The molecule has 20 heavy (non-hydrogen) atoms. The van der Waals surface area contributed by atoms with Gasteiger partial charge < -0.3 is 0 Å². The van der Waals surface area contributed by atoms with Crippen molar-refractivity contribution in [2.45, 2.75) is 44.3 Å². The summed E-state index contributed by atoms with van der Waals surface area (Å²) >= 11 is 0. The summed E-state index contributed by atoms with van der Waals surface area (Å²) in [4.78, 5) is 23.2. The van der Waals surface area contributed by atoms with E-state index in [0.29, 0.717) is 12.0 Å². The lowest BCUT2D eigenvalue weighted by molar-refractivity contribution is -0.116. The predicted octanol–water partition coefficient (Wildman–Crippen LogP) is 2.67. The first-order chi connectivity index (χ1) is 9.16. The van der Waals surface area contributed by atoms with E-state index < -0.39 is 20.9 Å². The number of carbonyl (C=O) groups excluding carboxylic acids is 2. The Morgan fingerprint density at radius 2 is 1.55 bits per heavy atom. The van der Waals surface area contributed by atoms with Gasteiger partial charge >= 0.3 is 0 Å². The Labute approximate surface area is 120 Å². The summed E-state index contributed by atoms with van der Waals surface area (Å²) in [7, 11) is -3.66. The van der Waals surface area contributed by atoms with E-state index in [-0.39, 0.29) is 16.6 Å². The van der Waals surface area contributed by atoms with Crippen molar-refractivity contribution in [1.29, 1.82) is 0 Å². The molecule has 0 amide bonds. The highest BCUT2D eigenvalue weighted by Crippen LogP contribution is 2.18. The zero-order valence-corrected chi connectivity index (χ0v) is 13.0. The first-order valence-electron chi connectivity index (χ1n) is 6.54. The molecule has 0 saturated carbocycles. The maximum absolute atomic E-state index is 12.1. The molecular formula is C15H20O4S. The van der Waals surface area contributed by atoms with E-state index in [1.54, 1.807) is 0 Å². The molecule has 1 unspecified atom stereocenters. The van der Waals surface area contributed by atoms with Crippen LogP contribution in [0, 0.1) is 5.92 Å². The fourth-order valence-electron chi connectivity index (χ4n) is 1.74. The van der Waals surface area contributed by atoms with Crippen LogP contribution < -0.4 is 0 Å². The molecule has 1 aromatic rings. The van der Waals surface area contributed by atoms with Crippen LogP contribution in [0.5, 0.6) is 0 Å². The quantitative estimate of drug-likeness (QED) is 0.757. The number of hydrogen-bond donors (Lipinski definition) is 0. The average Bonchev–Trinajstić information content (AvgIpc) is 2.37. The lowest BCUT2D eigenvalue weighted by Gasteiger charge is -2.10. The SMILES string of the molecule is CC(=O)C(C)S(=O)(=O)c1ccc(C(=O)CC(C)C)cc1. The molecule has 0 aromatic heterocycles. The molecule has 4 nitrogen and oxygen atoms in total. The van der Waals surface area contributed by atoms with Crippen molar-refractivity contribution in [3.05, 3.63) is 29.8 Å². The Morgan fingerprint density at radius 1 is 1.05 bits per heavy atom. The number of carbonyl (C=O) groups is 2. The standard InChI is InChI=1S/C15H20O4S/c1-10(2)9-15(17)13-5-7-14(8-6-13)20(18,19)12(4)11(3)16/h5-8,10,12H,9H2,1-4H3. The molecule has 0 aliphatic carbocycles. The van der Waals surface area contributed by atoms with Crippen LogP contribution in [0.2, 0.25) is 0 Å². The van der Waals surface area contributed by atoms with Crippen LogP contribution in [-0.4, -0.2) is 25.2 Å². The molecule has 1 atom stereocenters. The van der Waals surface area contributed by atoms with Crippen molar-refractivity contribution in [3.8, 4) is 0 Å². The minimum absolute atomic E-state index is 0.0106. The molecule has 0 heterocycles. The van der Waals surface area contributed by atoms with Gasteiger partial charge in [-0.15, -0.1) is 0 Å². The first kappa shape index (κ1) is 16.6. The third kappa shape index (κ3) is 3.76. The minimum atomic E-state index is -3.66. The number of benzene rings is 1. The molecule has 1 aromatic carbocycles. The molecule has 0 saturated heterocycles. The minimum Gasteiger partial charge on any atom is -0.299 e. The number of sulfone groups is 1. The first-order valence-corrected chi connectivity index (χ1v) is 8.08. The van der Waals surface area contributed by atoms with Crippen molar-refractivity contribution >= 4 is 21.4 Å². The summed E-state index contributed by atoms with van der Waals surface area (Å²) < 4.78 is 24.3. The van der Waals surface area contributed by atoms with E-state index >= 15 is 0 Å². The summed E-state index contributed by atoms with van der Waals surface area (Å²) in [6.07, 6.45) is 0.427. The van der Waals surface area contributed by atoms with Crippen LogP contribution in [0.1, 0.15) is 44.5 Å². The maximum Gasteiger partial charge on any atom is 0.188 e. The predicted molar refractivity (Wildman–Crippen MR) is 77.6 cm³/mol. The van der Waals surface area contributed by atoms with Crippen LogP contribution in [-0.2, 0) is 14.6 Å². The van der Waals surface area contributed by atoms with Gasteiger partial charge in [0.1, 0.15) is 11.0 Å². The fraction of sp³-hybridized carbons (Fsp3) is 0.467. The van der Waals surface area contributed by atoms with Crippen molar-refractivity contribution in [1.82, 2.24) is 0 Å². The van der Waals surface area contributed by atoms with Crippen molar-refractivity contribution in [2.24, 2.45) is 5.92 Å². The fourth-order valence-corrected chi connectivity index (χ4v) is 3.10. The van der Waals surface area contributed by atoms with Crippen LogP contribution in [0.15, 0.2) is 29.2 Å². The monoisotopic (exact) mass is 296 g/mol. The van der Waals surface area contributed by atoms with Crippen molar-refractivity contribution < 1.29 is 18.0 Å². The van der Waals surface area contributed by atoms with Crippen LogP contribution in [0.3, 0.4) is 0 Å². The normalized spacial score (nSPS) is 13.2. The summed E-state index contributed by atoms with van der Waals surface area (Å²) in [5.41, 5.74) is 0.494. The topological polar surface area (TPSA) is 68.3 Å². The van der Waals surface area contributed by atoms with Crippen LogP contribution in [0.25, 0.3) is 0 Å². The van der Waals surface area contributed by atoms with Crippen LogP contribution in [0.4, 0.5) is 0 Å². The molecule has 0 fully saturated rings. The smallest absolute Gasteiger partial charge is 0.188 e. The molecule has 0 N–H and O–H groups in total. The van der Waals surface area contributed by atoms with Crippen LogP contribution >= 0.6 is 0 Å². The van der Waals surface area contributed by atoms with Gasteiger partial charge in [-0.25, -0.2) is 8.42 Å². The third-order valence-corrected chi connectivity index (χ3v) is 5.33. The average molecular weight is 296 g/mol. The van der Waals surface area contributed by atoms with E-state index in [9.17, 15) is 18.0 Å². The molecule has 110 valence electrons. The van der Waals surface area contributed by atoms with Gasteiger partial charge in [0.05, 0.1) is 4.90 Å². The highest BCUT2D eigenvalue weighted by Gasteiger charge is 2.27. The molecular weight excluding hydrogens is 276 g/mol. The van der Waals surface area contributed by atoms with E-state index in [1.165, 1.54) is 38.1 Å². The summed E-state index contributed by atoms with van der Waals surface area (Å²) in [6, 6.07) is 5.79. The largest absolute Gasteiger partial charge is 0.299 e. The lowest BCUT2D eigenvalue weighted by Crippen LogP contribution is -2.25. The van der Waals surface area contributed by atoms with Gasteiger partial charge in [0.25, 0.3) is 0 Å². The van der Waals surface area contributed by atoms with E-state index in [0.717, 1.165) is 0 Å². The Hall–Kier alpha value is -1.49. The van der Waals surface area contributed by atoms with Gasteiger partial charge in [-0.1, -0.05) is 26.0 Å². The van der Waals surface area contributed by atoms with Gasteiger partial charge in [-0.2, -0.15) is 0 Å². The number of Topliss-reactive ketones (excluding diaryl/α,β-unsaturated/α-hetero) is 2. The van der Waals surface area contributed by atoms with Crippen molar-refractivity contribution in [3.63, 3.8) is 0 Å². The number of ketones is 2. The zero-order chi connectivity index (χ0) is 15.5. The lowest BCUT2D eigenvalue weighted by atomic mass is 10.0. The molecule has 0 aliphatic rings. The van der Waals surface area contributed by atoms with Crippen molar-refractivity contribution in [2.75, 3.05) is 0 Å². The Kier molecular flexibility index (Phi) is 5.22. The van der Waals surface area contributed by atoms with Gasteiger partial charge in [0.15, 0.2) is 15.6 Å². The Morgan fingerprint density at radius 3 is 1.95 bits per heavy atom. The Balaban J connectivity index is 3.03. The molecule has 5 heteroatoms. The number of rotatable bonds is 6. The molecule has 1 rings (SSSR count). The second-order valence-corrected chi connectivity index (χ2v) is 7.61. The van der Waals surface area contributed by atoms with Gasteiger partial charge in [0, 0.05) is 12.0 Å². The van der Waals surface area contributed by atoms with Gasteiger partial charge in [0.2, 0.25) is 0 Å². The van der Waals surface area contributed by atoms with E-state index in [4.69, 9.17) is 0 Å². The second kappa shape index (κ2) is 6.31. The third-order valence-electron chi connectivity index (χ3n) is 3.14. The molecule has 0 aliphatic heterocycles. The zero-order valence-electron chi connectivity index (χ0n) is 12.2. The molecule has 0 bridgehead atoms. The molecule has 0 radical (unpaired) electrons. The highest BCUT2D eigenvalue weighted by molar-refractivity contribution is 7.92. The summed E-state index contributed by atoms with van der Waals surface area (Å²) in [5, 5.41) is -1.07.